The highest BCUT2D eigenvalue weighted by atomic mass is 28.4. The van der Waals surface area contributed by atoms with Crippen LogP contribution in [0.1, 0.15) is 54.4 Å². The summed E-state index contributed by atoms with van der Waals surface area (Å²) in [5.41, 5.74) is -0.105. The van der Waals surface area contributed by atoms with Crippen LogP contribution in [-0.4, -0.2) is 70.0 Å². The molecule has 2 fully saturated rings. The van der Waals surface area contributed by atoms with E-state index in [9.17, 15) is 14.0 Å². The van der Waals surface area contributed by atoms with Gasteiger partial charge in [-0.3, -0.25) is 4.90 Å². The second kappa shape index (κ2) is 11.2. The maximum Gasteiger partial charge on any atom is 0.414 e. The minimum atomic E-state index is -2.01. The van der Waals surface area contributed by atoms with Gasteiger partial charge in [0, 0.05) is 19.2 Å². The summed E-state index contributed by atoms with van der Waals surface area (Å²) in [6, 6.07) is 4.22. The van der Waals surface area contributed by atoms with Crippen molar-refractivity contribution in [2.45, 2.75) is 84.2 Å². The zero-order valence-electron chi connectivity index (χ0n) is 23.6. The summed E-state index contributed by atoms with van der Waals surface area (Å²) in [5.74, 6) is -0.185. The molecule has 0 aliphatic carbocycles. The monoisotopic (exact) mass is 538 g/mol. The van der Waals surface area contributed by atoms with Crippen molar-refractivity contribution in [3.63, 3.8) is 0 Å². The fourth-order valence-electron chi connectivity index (χ4n) is 3.99. The Hall–Kier alpha value is -2.33. The number of carbonyl (C=O) groups is 2. The van der Waals surface area contributed by atoms with Gasteiger partial charge in [-0.1, -0.05) is 20.8 Å². The second-order valence-corrected chi connectivity index (χ2v) is 17.3. The third-order valence-electron chi connectivity index (χ3n) is 7.34. The average Bonchev–Trinajstić information content (AvgIpc) is 3.15. The van der Waals surface area contributed by atoms with Crippen molar-refractivity contribution in [1.29, 1.82) is 0 Å². The molecule has 37 heavy (non-hydrogen) atoms. The molecule has 2 aliphatic rings. The minimum Gasteiger partial charge on any atom is -0.490 e. The Morgan fingerprint density at radius 1 is 1.11 bits per heavy atom. The minimum absolute atomic E-state index is 0.0404. The lowest BCUT2D eigenvalue weighted by molar-refractivity contribution is 0.0164. The van der Waals surface area contributed by atoms with Crippen LogP contribution in [0, 0.1) is 11.7 Å². The van der Waals surface area contributed by atoms with Gasteiger partial charge in [-0.05, 0) is 69.8 Å². The van der Waals surface area contributed by atoms with Gasteiger partial charge in [0.1, 0.15) is 12.2 Å². The number of benzene rings is 1. The smallest absolute Gasteiger partial charge is 0.414 e. The van der Waals surface area contributed by atoms with Gasteiger partial charge in [-0.2, -0.15) is 0 Å². The summed E-state index contributed by atoms with van der Waals surface area (Å²) in [6.07, 6.45) is 0.707. The van der Waals surface area contributed by atoms with Gasteiger partial charge in [-0.25, -0.2) is 14.0 Å². The first-order valence-electron chi connectivity index (χ1n) is 13.1. The summed E-state index contributed by atoms with van der Waals surface area (Å²) in [7, 11) is -2.01. The van der Waals surface area contributed by atoms with Crippen molar-refractivity contribution in [2.75, 3.05) is 37.8 Å². The van der Waals surface area contributed by atoms with E-state index in [1.165, 1.54) is 11.0 Å². The third kappa shape index (κ3) is 7.60. The molecule has 0 saturated carbocycles. The Morgan fingerprint density at radius 3 is 2.32 bits per heavy atom. The van der Waals surface area contributed by atoms with Crippen molar-refractivity contribution in [1.82, 2.24) is 4.90 Å². The fraction of sp³-hybridized carbons (Fsp3) is 0.704. The van der Waals surface area contributed by atoms with E-state index in [0.29, 0.717) is 32.0 Å². The molecule has 10 heteroatoms. The van der Waals surface area contributed by atoms with Crippen LogP contribution in [0.4, 0.5) is 19.7 Å². The van der Waals surface area contributed by atoms with Crippen LogP contribution in [0.2, 0.25) is 18.1 Å². The van der Waals surface area contributed by atoms with Gasteiger partial charge in [0.2, 0.25) is 0 Å². The molecular weight excluding hydrogens is 495 g/mol. The molecule has 0 spiro atoms. The van der Waals surface area contributed by atoms with Crippen LogP contribution >= 0.6 is 0 Å². The molecule has 1 aromatic rings. The first-order chi connectivity index (χ1) is 17.1. The molecule has 0 N–H and O–H groups in total. The molecule has 0 radical (unpaired) electrons. The molecule has 8 nitrogen and oxygen atoms in total. The number of amides is 2. The molecule has 2 heterocycles. The average molecular weight is 539 g/mol. The Morgan fingerprint density at radius 2 is 1.76 bits per heavy atom. The van der Waals surface area contributed by atoms with Gasteiger partial charge < -0.3 is 23.5 Å². The van der Waals surface area contributed by atoms with Crippen molar-refractivity contribution in [2.24, 2.45) is 5.92 Å². The number of hydrogen-bond acceptors (Lipinski definition) is 6. The molecule has 3 rings (SSSR count). The molecule has 1 aromatic carbocycles. The normalized spacial score (nSPS) is 19.7. The van der Waals surface area contributed by atoms with Gasteiger partial charge in [0.15, 0.2) is 19.9 Å². The Bertz CT molecular complexity index is 967. The van der Waals surface area contributed by atoms with Crippen LogP contribution in [0.5, 0.6) is 5.75 Å². The van der Waals surface area contributed by atoms with E-state index >= 15 is 0 Å². The van der Waals surface area contributed by atoms with E-state index in [4.69, 9.17) is 18.6 Å². The number of rotatable bonds is 7. The Labute approximate surface area is 221 Å². The van der Waals surface area contributed by atoms with E-state index in [0.717, 1.165) is 12.8 Å². The van der Waals surface area contributed by atoms with Crippen LogP contribution in [0.25, 0.3) is 0 Å². The predicted octanol–water partition coefficient (Wildman–Crippen LogP) is 6.20. The summed E-state index contributed by atoms with van der Waals surface area (Å²) in [5, 5.41) is 0.0404. The second-order valence-electron chi connectivity index (χ2n) is 12.5. The van der Waals surface area contributed by atoms with E-state index in [1.807, 2.05) is 20.8 Å². The van der Waals surface area contributed by atoms with Crippen LogP contribution in [-0.2, 0) is 13.9 Å². The highest BCUT2D eigenvalue weighted by Gasteiger charge is 2.41. The van der Waals surface area contributed by atoms with Crippen molar-refractivity contribution >= 4 is 26.2 Å². The van der Waals surface area contributed by atoms with Crippen molar-refractivity contribution in [3.8, 4) is 5.75 Å². The molecule has 0 aromatic heterocycles. The largest absolute Gasteiger partial charge is 0.490 e. The quantitative estimate of drug-likeness (QED) is 0.385. The SMILES string of the molecule is CC(C)(C)OC(=O)N1CCC(COc2ccc(N3C(=O)OC[C@H]3CO[Si](C)(C)C(C)(C)C)cc2F)CC1. The Kier molecular flexibility index (Phi) is 8.84. The van der Waals surface area contributed by atoms with Gasteiger partial charge >= 0.3 is 12.2 Å². The Balaban J connectivity index is 1.55. The maximum atomic E-state index is 15.0. The highest BCUT2D eigenvalue weighted by molar-refractivity contribution is 6.74. The number of carbonyl (C=O) groups excluding carboxylic acids is 2. The molecule has 2 aliphatic heterocycles. The van der Waals surface area contributed by atoms with Crippen molar-refractivity contribution < 1.29 is 32.6 Å². The van der Waals surface area contributed by atoms with Gasteiger partial charge in [0.25, 0.3) is 0 Å². The topological polar surface area (TPSA) is 77.5 Å². The lowest BCUT2D eigenvalue weighted by Crippen LogP contribution is -2.46. The van der Waals surface area contributed by atoms with Crippen LogP contribution in [0.3, 0.4) is 0 Å². The lowest BCUT2D eigenvalue weighted by Gasteiger charge is -2.37. The van der Waals surface area contributed by atoms with E-state index in [1.54, 1.807) is 17.0 Å². The van der Waals surface area contributed by atoms with Gasteiger partial charge in [0.05, 0.1) is 24.9 Å². The number of likely N-dealkylation sites (tertiary alicyclic amines) is 1. The summed E-state index contributed by atoms with van der Waals surface area (Å²) in [4.78, 5) is 27.9. The molecule has 208 valence electrons. The molecule has 0 bridgehead atoms. The molecular formula is C27H43FN2O6Si. The summed E-state index contributed by atoms with van der Waals surface area (Å²) >= 11 is 0. The first kappa shape index (κ1) is 29.2. The fourth-order valence-corrected chi connectivity index (χ4v) is 5.04. The molecule has 0 unspecified atom stereocenters. The number of anilines is 1. The zero-order valence-corrected chi connectivity index (χ0v) is 24.6. The van der Waals surface area contributed by atoms with E-state index in [-0.39, 0.29) is 35.4 Å². The molecule has 2 amide bonds. The first-order valence-corrected chi connectivity index (χ1v) is 16.0. The van der Waals surface area contributed by atoms with Crippen LogP contribution < -0.4 is 9.64 Å². The highest BCUT2D eigenvalue weighted by Crippen LogP contribution is 2.37. The number of cyclic esters (lactones) is 1. The van der Waals surface area contributed by atoms with Crippen LogP contribution in [0.15, 0.2) is 18.2 Å². The lowest BCUT2D eigenvalue weighted by atomic mass is 9.98. The number of halogens is 1. The molecule has 1 atom stereocenters. The standard InChI is InChI=1S/C27H43FN2O6Si/c1-26(2,3)36-24(31)29-13-11-19(12-14-29)16-33-23-10-9-20(15-22(23)28)30-21(17-34-25(30)32)18-35-37(7,8)27(4,5)6/h9-10,15,19,21H,11-14,16-18H2,1-8H3/t21-/m0/s1. The number of ether oxygens (including phenoxy) is 3. The third-order valence-corrected chi connectivity index (χ3v) is 11.8. The van der Waals surface area contributed by atoms with Crippen molar-refractivity contribution in [3.05, 3.63) is 24.0 Å². The van der Waals surface area contributed by atoms with E-state index in [2.05, 4.69) is 33.9 Å². The number of piperidine rings is 1. The van der Waals surface area contributed by atoms with E-state index < -0.39 is 25.8 Å². The zero-order chi connectivity index (χ0) is 27.6. The predicted molar refractivity (Wildman–Crippen MR) is 143 cm³/mol. The number of nitrogens with zero attached hydrogens (tertiary/aromatic N) is 2. The molecule has 2 saturated heterocycles. The summed E-state index contributed by atoms with van der Waals surface area (Å²) in [6.45, 7) is 18.4. The van der Waals surface area contributed by atoms with Gasteiger partial charge in [-0.15, -0.1) is 0 Å². The maximum absolute atomic E-state index is 15.0. The number of hydrogen-bond donors (Lipinski definition) is 0. The summed E-state index contributed by atoms with van der Waals surface area (Å²) < 4.78 is 37.8.